The molecule has 0 spiro atoms. The zero-order valence-corrected chi connectivity index (χ0v) is 19.1. The topological polar surface area (TPSA) is 41.6 Å². The Bertz CT molecular complexity index is 768. The van der Waals surface area contributed by atoms with Crippen LogP contribution in [0.2, 0.25) is 0 Å². The second kappa shape index (κ2) is 7.37. The quantitative estimate of drug-likeness (QED) is 0.726. The molecule has 0 bridgehead atoms. The van der Waals surface area contributed by atoms with Gasteiger partial charge in [0.25, 0.3) is 0 Å². The summed E-state index contributed by atoms with van der Waals surface area (Å²) in [5.74, 6) is 1.12. The number of fused-ring (bicyclic) bond motifs is 1. The standard InChI is InChI=1S/C24H38N2O2/c1-15-16(2)21-19(17(3)20(15)25-18(27)14-23(4,5)6)22(24(7,8)28-21)26-12-10-9-11-13-26/h22H,9-14H2,1-8H3,(H,25,27). The smallest absolute Gasteiger partial charge is 0.224 e. The van der Waals surface area contributed by atoms with Crippen molar-refractivity contribution in [2.45, 2.75) is 92.7 Å². The van der Waals surface area contributed by atoms with E-state index >= 15 is 0 Å². The van der Waals surface area contributed by atoms with E-state index in [1.165, 1.54) is 30.4 Å². The van der Waals surface area contributed by atoms with E-state index in [0.717, 1.165) is 35.7 Å². The number of carbonyl (C=O) groups excluding carboxylic acids is 1. The molecule has 1 N–H and O–H groups in total. The van der Waals surface area contributed by atoms with Gasteiger partial charge >= 0.3 is 0 Å². The Morgan fingerprint density at radius 3 is 2.25 bits per heavy atom. The van der Waals surface area contributed by atoms with Crippen LogP contribution in [0.5, 0.6) is 5.75 Å². The molecule has 1 aromatic rings. The fourth-order valence-corrected chi connectivity index (χ4v) is 4.92. The highest BCUT2D eigenvalue weighted by molar-refractivity contribution is 5.93. The maximum absolute atomic E-state index is 12.7. The Labute approximate surface area is 171 Å². The van der Waals surface area contributed by atoms with Crippen LogP contribution in [0.4, 0.5) is 5.69 Å². The highest BCUT2D eigenvalue weighted by Crippen LogP contribution is 2.52. The third kappa shape index (κ3) is 3.94. The highest BCUT2D eigenvalue weighted by Gasteiger charge is 2.47. The molecule has 4 heteroatoms. The SMILES string of the molecule is Cc1c(C)c2c(c(C)c1NC(=O)CC(C)(C)C)C(N1CCCCC1)C(C)(C)O2. The number of hydrogen-bond donors (Lipinski definition) is 1. The van der Waals surface area contributed by atoms with E-state index in [4.69, 9.17) is 4.74 Å². The molecule has 0 saturated carbocycles. The molecule has 0 radical (unpaired) electrons. The van der Waals surface area contributed by atoms with Gasteiger partial charge in [-0.05, 0) is 82.7 Å². The molecule has 4 nitrogen and oxygen atoms in total. The monoisotopic (exact) mass is 386 g/mol. The van der Waals surface area contributed by atoms with Crippen LogP contribution in [0, 0.1) is 26.2 Å². The number of amides is 1. The molecule has 3 rings (SSSR count). The lowest BCUT2D eigenvalue weighted by Crippen LogP contribution is -2.44. The molecule has 1 amide bonds. The van der Waals surface area contributed by atoms with E-state index in [1.54, 1.807) is 0 Å². The molecule has 2 aliphatic heterocycles. The van der Waals surface area contributed by atoms with Crippen LogP contribution in [0.1, 0.15) is 88.6 Å². The molecule has 28 heavy (non-hydrogen) atoms. The van der Waals surface area contributed by atoms with Gasteiger partial charge in [-0.3, -0.25) is 9.69 Å². The largest absolute Gasteiger partial charge is 0.485 e. The molecule has 2 heterocycles. The van der Waals surface area contributed by atoms with Gasteiger partial charge in [-0.25, -0.2) is 0 Å². The summed E-state index contributed by atoms with van der Waals surface area (Å²) in [6.07, 6.45) is 4.33. The number of piperidine rings is 1. The Balaban J connectivity index is 2.04. The van der Waals surface area contributed by atoms with E-state index < -0.39 is 0 Å². The van der Waals surface area contributed by atoms with Crippen molar-refractivity contribution in [2.24, 2.45) is 5.41 Å². The van der Waals surface area contributed by atoms with Gasteiger partial charge in [-0.1, -0.05) is 27.2 Å². The Hall–Kier alpha value is -1.55. The van der Waals surface area contributed by atoms with Gasteiger partial charge in [0.2, 0.25) is 5.91 Å². The fraction of sp³-hybridized carbons (Fsp3) is 0.708. The molecule has 0 aromatic heterocycles. The number of likely N-dealkylation sites (tertiary alicyclic amines) is 1. The zero-order valence-electron chi connectivity index (χ0n) is 19.1. The molecular weight excluding hydrogens is 348 g/mol. The van der Waals surface area contributed by atoms with Crippen LogP contribution in [-0.2, 0) is 4.79 Å². The van der Waals surface area contributed by atoms with Crippen LogP contribution < -0.4 is 10.1 Å². The van der Waals surface area contributed by atoms with E-state index in [-0.39, 0.29) is 23.0 Å². The summed E-state index contributed by atoms with van der Waals surface area (Å²) in [5.41, 5.74) is 5.40. The van der Waals surface area contributed by atoms with Crippen LogP contribution in [-0.4, -0.2) is 29.5 Å². The lowest BCUT2D eigenvalue weighted by molar-refractivity contribution is -0.117. The average Bonchev–Trinajstić information content (AvgIpc) is 2.87. The molecule has 1 saturated heterocycles. The van der Waals surface area contributed by atoms with Crippen molar-refractivity contribution in [3.63, 3.8) is 0 Å². The number of anilines is 1. The van der Waals surface area contributed by atoms with E-state index in [9.17, 15) is 4.79 Å². The first-order chi connectivity index (χ1) is 12.9. The Morgan fingerprint density at radius 1 is 1.07 bits per heavy atom. The van der Waals surface area contributed by atoms with Gasteiger partial charge in [0.15, 0.2) is 0 Å². The molecule has 156 valence electrons. The third-order valence-corrected chi connectivity index (χ3v) is 6.31. The van der Waals surface area contributed by atoms with Crippen molar-refractivity contribution in [2.75, 3.05) is 18.4 Å². The van der Waals surface area contributed by atoms with Crippen LogP contribution in [0.15, 0.2) is 0 Å². The average molecular weight is 387 g/mol. The number of nitrogens with one attached hydrogen (secondary N) is 1. The highest BCUT2D eigenvalue weighted by atomic mass is 16.5. The van der Waals surface area contributed by atoms with Gasteiger partial charge in [-0.2, -0.15) is 0 Å². The second-order valence-electron chi connectivity index (χ2n) is 10.5. The number of benzene rings is 1. The van der Waals surface area contributed by atoms with Crippen molar-refractivity contribution in [3.05, 3.63) is 22.3 Å². The lowest BCUT2D eigenvalue weighted by atomic mass is 9.86. The molecule has 1 atom stereocenters. The summed E-state index contributed by atoms with van der Waals surface area (Å²) in [7, 11) is 0. The number of rotatable bonds is 3. The zero-order chi connectivity index (χ0) is 20.9. The van der Waals surface area contributed by atoms with Crippen LogP contribution in [0.3, 0.4) is 0 Å². The van der Waals surface area contributed by atoms with Crippen molar-refractivity contribution >= 4 is 11.6 Å². The van der Waals surface area contributed by atoms with Crippen LogP contribution in [0.25, 0.3) is 0 Å². The first-order valence-corrected chi connectivity index (χ1v) is 10.8. The lowest BCUT2D eigenvalue weighted by Gasteiger charge is -2.39. The normalized spacial score (nSPS) is 21.9. The second-order valence-corrected chi connectivity index (χ2v) is 10.5. The summed E-state index contributed by atoms with van der Waals surface area (Å²) in [5, 5.41) is 3.24. The first kappa shape index (κ1) is 21.2. The molecule has 2 aliphatic rings. The number of ether oxygens (including phenoxy) is 1. The predicted molar refractivity (Wildman–Crippen MR) is 116 cm³/mol. The summed E-state index contributed by atoms with van der Waals surface area (Å²) in [4.78, 5) is 15.3. The third-order valence-electron chi connectivity index (χ3n) is 6.31. The maximum Gasteiger partial charge on any atom is 0.224 e. The summed E-state index contributed by atoms with van der Waals surface area (Å²) >= 11 is 0. The van der Waals surface area contributed by atoms with Gasteiger partial charge < -0.3 is 10.1 Å². The van der Waals surface area contributed by atoms with Gasteiger partial charge in [0, 0.05) is 17.7 Å². The minimum atomic E-state index is -0.268. The fourth-order valence-electron chi connectivity index (χ4n) is 4.92. The molecular formula is C24H38N2O2. The molecule has 1 unspecified atom stereocenters. The number of hydrogen-bond acceptors (Lipinski definition) is 3. The Morgan fingerprint density at radius 2 is 1.68 bits per heavy atom. The minimum absolute atomic E-state index is 0.0287. The van der Waals surface area contributed by atoms with Crippen molar-refractivity contribution in [3.8, 4) is 5.75 Å². The first-order valence-electron chi connectivity index (χ1n) is 10.8. The minimum Gasteiger partial charge on any atom is -0.485 e. The molecule has 1 fully saturated rings. The van der Waals surface area contributed by atoms with Gasteiger partial charge in [-0.15, -0.1) is 0 Å². The summed E-state index contributed by atoms with van der Waals surface area (Å²) < 4.78 is 6.54. The van der Waals surface area contributed by atoms with Crippen molar-refractivity contribution in [1.82, 2.24) is 4.90 Å². The summed E-state index contributed by atoms with van der Waals surface area (Å²) in [6, 6.07) is 0.236. The van der Waals surface area contributed by atoms with E-state index in [0.29, 0.717) is 6.42 Å². The molecule has 0 aliphatic carbocycles. The van der Waals surface area contributed by atoms with E-state index in [1.807, 2.05) is 0 Å². The van der Waals surface area contributed by atoms with Crippen molar-refractivity contribution < 1.29 is 9.53 Å². The van der Waals surface area contributed by atoms with Gasteiger partial charge in [0.1, 0.15) is 11.4 Å². The van der Waals surface area contributed by atoms with Crippen LogP contribution >= 0.6 is 0 Å². The van der Waals surface area contributed by atoms with Crippen molar-refractivity contribution in [1.29, 1.82) is 0 Å². The van der Waals surface area contributed by atoms with E-state index in [2.05, 4.69) is 65.6 Å². The Kier molecular flexibility index (Phi) is 5.57. The number of carbonyl (C=O) groups is 1. The number of nitrogens with zero attached hydrogens (tertiary/aromatic N) is 1. The summed E-state index contributed by atoms with van der Waals surface area (Å²) in [6.45, 7) is 19.3. The molecule has 1 aromatic carbocycles. The predicted octanol–water partition coefficient (Wildman–Crippen LogP) is 5.68. The van der Waals surface area contributed by atoms with Gasteiger partial charge in [0.05, 0.1) is 6.04 Å². The maximum atomic E-state index is 12.7.